The van der Waals surface area contributed by atoms with E-state index in [-0.39, 0.29) is 5.91 Å². The molecule has 122 valence electrons. The van der Waals surface area contributed by atoms with Crippen LogP contribution in [0.15, 0.2) is 24.3 Å². The van der Waals surface area contributed by atoms with Gasteiger partial charge in [0.25, 0.3) is 5.91 Å². The van der Waals surface area contributed by atoms with Crippen molar-refractivity contribution in [2.24, 2.45) is 5.92 Å². The largest absolute Gasteiger partial charge is 0.482 e. The van der Waals surface area contributed by atoms with Crippen molar-refractivity contribution < 1.29 is 9.53 Å². The summed E-state index contributed by atoms with van der Waals surface area (Å²) >= 11 is 1.51. The molecule has 3 fully saturated rings. The molecule has 0 radical (unpaired) electrons. The fourth-order valence-corrected chi connectivity index (χ4v) is 4.50. The van der Waals surface area contributed by atoms with Gasteiger partial charge in [-0.1, -0.05) is 0 Å². The molecule has 0 aromatic carbocycles. The number of hydrogen-bond donors (Lipinski definition) is 2. The first-order valence-electron chi connectivity index (χ1n) is 8.09. The molecule has 3 saturated heterocycles. The summed E-state index contributed by atoms with van der Waals surface area (Å²) in [6, 6.07) is 8.06. The number of H-pyrrole nitrogens is 1. The Morgan fingerprint density at radius 1 is 1.30 bits per heavy atom. The molecule has 3 aliphatic rings. The van der Waals surface area contributed by atoms with Crippen molar-refractivity contribution in [3.8, 4) is 16.5 Å². The number of carbonyl (C=O) groups is 1. The van der Waals surface area contributed by atoms with Gasteiger partial charge < -0.3 is 19.9 Å². The highest BCUT2D eigenvalue weighted by atomic mass is 32.1. The summed E-state index contributed by atoms with van der Waals surface area (Å²) in [6.45, 7) is 3.38. The Morgan fingerprint density at radius 2 is 2.13 bits per heavy atom. The Bertz CT molecular complexity index is 700. The van der Waals surface area contributed by atoms with Crippen LogP contribution in [0.5, 0.6) is 5.88 Å². The van der Waals surface area contributed by atoms with Gasteiger partial charge >= 0.3 is 0 Å². The van der Waals surface area contributed by atoms with Crippen LogP contribution in [-0.2, 0) is 0 Å². The molecule has 2 N–H and O–H groups in total. The van der Waals surface area contributed by atoms with E-state index in [0.29, 0.717) is 12.0 Å². The number of nitrogens with zero attached hydrogens (tertiary/aromatic N) is 1. The monoisotopic (exact) mass is 331 g/mol. The SMILES string of the molecule is COc1ccc(-c2ccc(C(=O)N[C@H]3CN4CCC3CC4)s2)[nH]1. The maximum absolute atomic E-state index is 12.5. The average Bonchev–Trinajstić information content (AvgIpc) is 3.25. The maximum Gasteiger partial charge on any atom is 0.261 e. The Labute approximate surface area is 139 Å². The maximum atomic E-state index is 12.5. The van der Waals surface area contributed by atoms with E-state index >= 15 is 0 Å². The molecule has 5 nitrogen and oxygen atoms in total. The molecule has 3 aliphatic heterocycles. The van der Waals surface area contributed by atoms with Crippen molar-refractivity contribution in [3.63, 3.8) is 0 Å². The van der Waals surface area contributed by atoms with Crippen LogP contribution in [0.25, 0.3) is 10.6 Å². The molecular weight excluding hydrogens is 310 g/mol. The number of aromatic amines is 1. The van der Waals surface area contributed by atoms with E-state index in [0.717, 1.165) is 27.9 Å². The van der Waals surface area contributed by atoms with Crippen LogP contribution in [-0.4, -0.2) is 48.6 Å². The summed E-state index contributed by atoms with van der Waals surface area (Å²) in [6.07, 6.45) is 2.42. The standard InChI is InChI=1S/C17H21N3O2S/c1-22-16-5-2-12(18-16)14-3-4-15(23-14)17(21)19-13-10-20-8-6-11(13)7-9-20/h2-5,11,13,18H,6-10H2,1H3,(H,19,21)/t13-/m0/s1. The second-order valence-electron chi connectivity index (χ2n) is 6.32. The summed E-state index contributed by atoms with van der Waals surface area (Å²) in [5.41, 5.74) is 0.980. The molecule has 6 heteroatoms. The Hall–Kier alpha value is -1.79. The summed E-state index contributed by atoms with van der Waals surface area (Å²) < 4.78 is 5.16. The van der Waals surface area contributed by atoms with Gasteiger partial charge in [-0.05, 0) is 50.0 Å². The molecule has 0 aliphatic carbocycles. The zero-order valence-electron chi connectivity index (χ0n) is 13.2. The minimum atomic E-state index is 0.0542. The molecule has 0 spiro atoms. The van der Waals surface area contributed by atoms with E-state index in [2.05, 4.69) is 15.2 Å². The molecule has 2 bridgehead atoms. The number of nitrogens with one attached hydrogen (secondary N) is 2. The highest BCUT2D eigenvalue weighted by Gasteiger charge is 2.35. The Kier molecular flexibility index (Phi) is 3.87. The summed E-state index contributed by atoms with van der Waals surface area (Å²) in [5.74, 6) is 1.43. The minimum absolute atomic E-state index is 0.0542. The van der Waals surface area contributed by atoms with E-state index in [1.165, 1.54) is 37.3 Å². The number of aromatic nitrogens is 1. The van der Waals surface area contributed by atoms with Gasteiger partial charge in [-0.25, -0.2) is 0 Å². The van der Waals surface area contributed by atoms with Crippen molar-refractivity contribution >= 4 is 17.2 Å². The number of amides is 1. The fourth-order valence-electron chi connectivity index (χ4n) is 3.61. The predicted molar refractivity (Wildman–Crippen MR) is 91.1 cm³/mol. The molecule has 5 rings (SSSR count). The minimum Gasteiger partial charge on any atom is -0.482 e. The van der Waals surface area contributed by atoms with Gasteiger partial charge in [-0.2, -0.15) is 0 Å². The van der Waals surface area contributed by atoms with Crippen LogP contribution < -0.4 is 10.1 Å². The number of piperidine rings is 3. The first-order valence-corrected chi connectivity index (χ1v) is 8.91. The van der Waals surface area contributed by atoms with Gasteiger partial charge in [-0.15, -0.1) is 11.3 Å². The number of ether oxygens (including phenoxy) is 1. The molecule has 0 saturated carbocycles. The summed E-state index contributed by atoms with van der Waals surface area (Å²) in [5, 5.41) is 3.24. The lowest BCUT2D eigenvalue weighted by Gasteiger charge is -2.44. The Balaban J connectivity index is 1.45. The van der Waals surface area contributed by atoms with E-state index in [4.69, 9.17) is 4.74 Å². The van der Waals surface area contributed by atoms with Crippen molar-refractivity contribution in [3.05, 3.63) is 29.1 Å². The zero-order valence-corrected chi connectivity index (χ0v) is 14.0. The molecular formula is C17H21N3O2S. The van der Waals surface area contributed by atoms with E-state index in [1.807, 2.05) is 24.3 Å². The zero-order chi connectivity index (χ0) is 15.8. The number of carbonyl (C=O) groups excluding carboxylic acids is 1. The average molecular weight is 331 g/mol. The molecule has 23 heavy (non-hydrogen) atoms. The van der Waals surface area contributed by atoms with Crippen molar-refractivity contribution in [1.82, 2.24) is 15.2 Å². The third kappa shape index (κ3) is 2.88. The van der Waals surface area contributed by atoms with Gasteiger partial charge in [0.1, 0.15) is 0 Å². The smallest absolute Gasteiger partial charge is 0.261 e. The second kappa shape index (κ2) is 6.02. The molecule has 0 unspecified atom stereocenters. The summed E-state index contributed by atoms with van der Waals surface area (Å²) in [7, 11) is 1.64. The first-order chi connectivity index (χ1) is 11.2. The predicted octanol–water partition coefficient (Wildman–Crippen LogP) is 2.58. The van der Waals surface area contributed by atoms with E-state index in [9.17, 15) is 4.79 Å². The third-order valence-corrected chi connectivity index (χ3v) is 6.06. The lowest BCUT2D eigenvalue weighted by atomic mass is 9.84. The van der Waals surface area contributed by atoms with Gasteiger partial charge in [0.15, 0.2) is 5.88 Å². The number of methoxy groups -OCH3 is 1. The third-order valence-electron chi connectivity index (χ3n) is 4.95. The van der Waals surface area contributed by atoms with E-state index < -0.39 is 0 Å². The second-order valence-corrected chi connectivity index (χ2v) is 7.41. The number of rotatable bonds is 4. The quantitative estimate of drug-likeness (QED) is 0.905. The topological polar surface area (TPSA) is 57.4 Å². The lowest BCUT2D eigenvalue weighted by Crippen LogP contribution is -2.57. The van der Waals surface area contributed by atoms with Crippen LogP contribution in [0.2, 0.25) is 0 Å². The van der Waals surface area contributed by atoms with Crippen LogP contribution in [0.1, 0.15) is 22.5 Å². The molecule has 2 aromatic rings. The Morgan fingerprint density at radius 3 is 2.78 bits per heavy atom. The number of fused-ring (bicyclic) bond motifs is 3. The normalized spacial score (nSPS) is 26.2. The lowest BCUT2D eigenvalue weighted by molar-refractivity contribution is 0.0622. The van der Waals surface area contributed by atoms with Crippen LogP contribution >= 0.6 is 11.3 Å². The van der Waals surface area contributed by atoms with Crippen LogP contribution in [0.3, 0.4) is 0 Å². The van der Waals surface area contributed by atoms with Crippen LogP contribution in [0, 0.1) is 5.92 Å². The molecule has 1 amide bonds. The number of thiophene rings is 1. The van der Waals surface area contributed by atoms with Crippen molar-refractivity contribution in [1.29, 1.82) is 0 Å². The highest BCUT2D eigenvalue weighted by molar-refractivity contribution is 7.17. The van der Waals surface area contributed by atoms with Crippen LogP contribution in [0.4, 0.5) is 0 Å². The summed E-state index contributed by atoms with van der Waals surface area (Å²) in [4.78, 5) is 20.0. The molecule has 2 aromatic heterocycles. The van der Waals surface area contributed by atoms with Gasteiger partial charge in [0, 0.05) is 18.7 Å². The van der Waals surface area contributed by atoms with Crippen molar-refractivity contribution in [2.75, 3.05) is 26.7 Å². The van der Waals surface area contributed by atoms with Gasteiger partial charge in [0.05, 0.1) is 22.6 Å². The van der Waals surface area contributed by atoms with Gasteiger partial charge in [0.2, 0.25) is 0 Å². The van der Waals surface area contributed by atoms with E-state index in [1.54, 1.807) is 7.11 Å². The number of hydrogen-bond acceptors (Lipinski definition) is 4. The molecule has 1 atom stereocenters. The molecule has 5 heterocycles. The highest BCUT2D eigenvalue weighted by Crippen LogP contribution is 2.30. The first kappa shape index (κ1) is 14.8. The van der Waals surface area contributed by atoms with Crippen molar-refractivity contribution in [2.45, 2.75) is 18.9 Å². The fraction of sp³-hybridized carbons (Fsp3) is 0.471. The van der Waals surface area contributed by atoms with Gasteiger partial charge in [-0.3, -0.25) is 4.79 Å².